The van der Waals surface area contributed by atoms with Crippen LogP contribution in [0.2, 0.25) is 0 Å². The predicted octanol–water partition coefficient (Wildman–Crippen LogP) is 2.50. The number of fused-ring (bicyclic) bond motifs is 2. The first-order valence-electron chi connectivity index (χ1n) is 11.0. The zero-order chi connectivity index (χ0) is 23.7. The van der Waals surface area contributed by atoms with Crippen LogP contribution >= 0.6 is 11.8 Å². The molecule has 0 atom stereocenters. The van der Waals surface area contributed by atoms with Crippen LogP contribution in [-0.2, 0) is 11.3 Å². The van der Waals surface area contributed by atoms with E-state index < -0.39 is 4.92 Å². The van der Waals surface area contributed by atoms with Gasteiger partial charge in [0.1, 0.15) is 19.5 Å². The summed E-state index contributed by atoms with van der Waals surface area (Å²) in [7, 11) is 0. The highest BCUT2D eigenvalue weighted by molar-refractivity contribution is 7.99. The lowest BCUT2D eigenvalue weighted by atomic mass is 9.94. The van der Waals surface area contributed by atoms with Crippen molar-refractivity contribution in [3.8, 4) is 11.5 Å². The van der Waals surface area contributed by atoms with Gasteiger partial charge in [-0.1, -0.05) is 0 Å². The van der Waals surface area contributed by atoms with Gasteiger partial charge in [-0.05, 0) is 36.9 Å². The van der Waals surface area contributed by atoms with Crippen LogP contribution < -0.4 is 15.2 Å². The van der Waals surface area contributed by atoms with Gasteiger partial charge in [0.2, 0.25) is 6.41 Å². The fourth-order valence-electron chi connectivity index (χ4n) is 4.25. The van der Waals surface area contributed by atoms with Crippen molar-refractivity contribution in [1.82, 2.24) is 24.4 Å². The highest BCUT2D eigenvalue weighted by atomic mass is 32.2. The van der Waals surface area contributed by atoms with Crippen LogP contribution in [0.15, 0.2) is 28.5 Å². The second-order valence-electron chi connectivity index (χ2n) is 8.17. The maximum Gasteiger partial charge on any atom is 0.287 e. The van der Waals surface area contributed by atoms with Crippen molar-refractivity contribution in [1.29, 1.82) is 0 Å². The van der Waals surface area contributed by atoms with E-state index in [9.17, 15) is 14.9 Å². The van der Waals surface area contributed by atoms with Gasteiger partial charge in [0.15, 0.2) is 33.6 Å². The molecule has 0 saturated carbocycles. The number of carbonyl (C=O) groups is 1. The summed E-state index contributed by atoms with van der Waals surface area (Å²) < 4.78 is 13.1. The maximum absolute atomic E-state index is 11.8. The van der Waals surface area contributed by atoms with E-state index in [1.165, 1.54) is 12.4 Å². The SMILES string of the molecule is Nc1ncnc2c1nc(Sc1cc3c(cc1[N+](=O)[O-])OCCO3)n2CCC1CCN(C=O)CC1. The van der Waals surface area contributed by atoms with Gasteiger partial charge in [-0.3, -0.25) is 14.9 Å². The second kappa shape index (κ2) is 9.33. The number of nitro benzene ring substituents is 1. The smallest absolute Gasteiger partial charge is 0.287 e. The third-order valence-corrected chi connectivity index (χ3v) is 7.15. The Labute approximate surface area is 198 Å². The molecule has 1 amide bonds. The number of amides is 1. The number of aromatic nitrogens is 4. The van der Waals surface area contributed by atoms with Crippen LogP contribution in [0.4, 0.5) is 11.5 Å². The molecular weight excluding hydrogens is 462 g/mol. The molecule has 0 aliphatic carbocycles. The number of nitrogens with two attached hydrogens (primary N) is 1. The number of nitrogens with zero attached hydrogens (tertiary/aromatic N) is 6. The molecule has 178 valence electrons. The molecule has 0 bridgehead atoms. The molecule has 0 unspecified atom stereocenters. The fourth-order valence-corrected chi connectivity index (χ4v) is 5.28. The molecule has 1 fully saturated rings. The van der Waals surface area contributed by atoms with E-state index in [4.69, 9.17) is 15.2 Å². The molecule has 2 aliphatic heterocycles. The lowest BCUT2D eigenvalue weighted by Crippen LogP contribution is -2.32. The maximum atomic E-state index is 11.8. The molecule has 2 N–H and O–H groups in total. The lowest BCUT2D eigenvalue weighted by Gasteiger charge is -2.29. The van der Waals surface area contributed by atoms with Gasteiger partial charge in [0.05, 0.1) is 15.9 Å². The Kier molecular flexibility index (Phi) is 6.09. The number of aryl methyl sites for hydroxylation is 1. The Morgan fingerprint density at radius 2 is 1.94 bits per heavy atom. The van der Waals surface area contributed by atoms with Crippen molar-refractivity contribution in [3.63, 3.8) is 0 Å². The number of hydrogen-bond acceptors (Lipinski definition) is 10. The Bertz CT molecular complexity index is 1240. The van der Waals surface area contributed by atoms with Crippen molar-refractivity contribution in [2.75, 3.05) is 32.0 Å². The molecule has 34 heavy (non-hydrogen) atoms. The normalized spacial score (nSPS) is 16.1. The van der Waals surface area contributed by atoms with Gasteiger partial charge in [-0.15, -0.1) is 0 Å². The molecule has 0 radical (unpaired) electrons. The first kappa shape index (κ1) is 22.2. The Morgan fingerprint density at radius 1 is 1.21 bits per heavy atom. The molecule has 0 spiro atoms. The lowest BCUT2D eigenvalue weighted by molar-refractivity contribution is -0.387. The van der Waals surface area contributed by atoms with Gasteiger partial charge in [-0.25, -0.2) is 15.0 Å². The molecule has 2 aliphatic rings. The molecule has 13 heteroatoms. The Hall–Kier alpha value is -3.61. The van der Waals surface area contributed by atoms with Crippen molar-refractivity contribution in [2.24, 2.45) is 5.92 Å². The van der Waals surface area contributed by atoms with Gasteiger partial charge in [0.25, 0.3) is 5.69 Å². The summed E-state index contributed by atoms with van der Waals surface area (Å²) in [6, 6.07) is 3.00. The van der Waals surface area contributed by atoms with Crippen molar-refractivity contribution in [3.05, 3.63) is 28.6 Å². The van der Waals surface area contributed by atoms with Crippen molar-refractivity contribution < 1.29 is 19.2 Å². The first-order chi connectivity index (χ1) is 16.5. The van der Waals surface area contributed by atoms with E-state index >= 15 is 0 Å². The summed E-state index contributed by atoms with van der Waals surface area (Å²) in [5, 5.41) is 12.3. The van der Waals surface area contributed by atoms with E-state index in [1.54, 1.807) is 11.0 Å². The van der Waals surface area contributed by atoms with E-state index in [1.807, 2.05) is 4.57 Å². The predicted molar refractivity (Wildman–Crippen MR) is 123 cm³/mol. The molecule has 4 heterocycles. The minimum atomic E-state index is -0.442. The van der Waals surface area contributed by atoms with Crippen LogP contribution in [0, 0.1) is 16.0 Å². The van der Waals surface area contributed by atoms with Crippen molar-refractivity contribution >= 4 is 40.8 Å². The number of hydrogen-bond donors (Lipinski definition) is 1. The zero-order valence-corrected chi connectivity index (χ0v) is 19.1. The highest BCUT2D eigenvalue weighted by Crippen LogP contribution is 2.43. The zero-order valence-electron chi connectivity index (χ0n) is 18.3. The largest absolute Gasteiger partial charge is 0.486 e. The average molecular weight is 486 g/mol. The number of anilines is 1. The second-order valence-corrected chi connectivity index (χ2v) is 9.18. The van der Waals surface area contributed by atoms with Crippen LogP contribution in [0.5, 0.6) is 11.5 Å². The average Bonchev–Trinajstić information content (AvgIpc) is 3.20. The Balaban J connectivity index is 1.47. The summed E-state index contributed by atoms with van der Waals surface area (Å²) in [6.07, 6.45) is 5.00. The topological polar surface area (TPSA) is 152 Å². The number of likely N-dealkylation sites (tertiary alicyclic amines) is 1. The molecule has 1 aromatic carbocycles. The summed E-state index contributed by atoms with van der Waals surface area (Å²) >= 11 is 1.16. The van der Waals surface area contributed by atoms with E-state index in [0.717, 1.165) is 50.5 Å². The highest BCUT2D eigenvalue weighted by Gasteiger charge is 2.26. The molecule has 3 aromatic rings. The third-order valence-electron chi connectivity index (χ3n) is 6.11. The van der Waals surface area contributed by atoms with E-state index in [2.05, 4.69) is 15.0 Å². The molecular formula is C21H23N7O5S. The number of rotatable bonds is 7. The summed E-state index contributed by atoms with van der Waals surface area (Å²) in [6.45, 7) is 2.83. The molecule has 12 nitrogen and oxygen atoms in total. The quantitative estimate of drug-likeness (QED) is 0.300. The van der Waals surface area contributed by atoms with E-state index in [0.29, 0.717) is 58.4 Å². The Morgan fingerprint density at radius 3 is 2.65 bits per heavy atom. The van der Waals surface area contributed by atoms with Crippen LogP contribution in [0.25, 0.3) is 11.2 Å². The minimum absolute atomic E-state index is 0.0897. The number of piperidine rings is 1. The summed E-state index contributed by atoms with van der Waals surface area (Å²) in [5.74, 6) is 1.52. The van der Waals surface area contributed by atoms with Gasteiger partial charge >= 0.3 is 0 Å². The van der Waals surface area contributed by atoms with Crippen LogP contribution in [-0.4, -0.2) is 62.1 Å². The van der Waals surface area contributed by atoms with Gasteiger partial charge in [-0.2, -0.15) is 0 Å². The molecule has 1 saturated heterocycles. The number of nitrogen functional groups attached to an aromatic ring is 1. The monoisotopic (exact) mass is 485 g/mol. The van der Waals surface area contributed by atoms with Crippen molar-refractivity contribution in [2.45, 2.75) is 35.9 Å². The third kappa shape index (κ3) is 4.30. The number of carbonyl (C=O) groups excluding carboxylic acids is 1. The number of nitro groups is 1. The van der Waals surface area contributed by atoms with Gasteiger partial charge < -0.3 is 24.7 Å². The van der Waals surface area contributed by atoms with Gasteiger partial charge in [0, 0.05) is 25.7 Å². The minimum Gasteiger partial charge on any atom is -0.486 e. The number of imidazole rings is 1. The number of benzene rings is 1. The number of ether oxygens (including phenoxy) is 2. The molecule has 2 aromatic heterocycles. The first-order valence-corrected chi connectivity index (χ1v) is 11.8. The van der Waals surface area contributed by atoms with Crippen LogP contribution in [0.3, 0.4) is 0 Å². The molecule has 5 rings (SSSR count). The fraction of sp³-hybridized carbons (Fsp3) is 0.429. The standard InChI is InChI=1S/C21H23N7O5S/c22-19-18-20(24-11-23-19)27(6-3-13-1-4-26(12-29)5-2-13)21(25-18)34-17-10-16-15(32-7-8-33-16)9-14(17)28(30)31/h9-13H,1-8H2,(H2,22,23,24). The summed E-state index contributed by atoms with van der Waals surface area (Å²) in [5.41, 5.74) is 7.00. The summed E-state index contributed by atoms with van der Waals surface area (Å²) in [4.78, 5) is 37.6. The van der Waals surface area contributed by atoms with Crippen LogP contribution in [0.1, 0.15) is 19.3 Å². The van der Waals surface area contributed by atoms with E-state index in [-0.39, 0.29) is 11.5 Å².